The Bertz CT molecular complexity index is 1170. The van der Waals surface area contributed by atoms with Gasteiger partial charge in [-0.3, -0.25) is 19.6 Å². The average molecular weight is 555 g/mol. The van der Waals surface area contributed by atoms with Gasteiger partial charge in [0.05, 0.1) is 0 Å². The molecular formula is C29H38N4O7. The van der Waals surface area contributed by atoms with Crippen molar-refractivity contribution in [3.63, 3.8) is 0 Å². The smallest absolute Gasteiger partial charge is 0.408 e. The predicted octanol–water partition coefficient (Wildman–Crippen LogP) is 3.04. The number of nitrogens with one attached hydrogen (secondary N) is 2. The molecule has 0 spiro atoms. The fourth-order valence-electron chi connectivity index (χ4n) is 4.22. The number of carbonyl (C=O) groups is 4. The Morgan fingerprint density at radius 3 is 1.90 bits per heavy atom. The summed E-state index contributed by atoms with van der Waals surface area (Å²) in [7, 11) is 0. The van der Waals surface area contributed by atoms with Crippen LogP contribution in [0.2, 0.25) is 0 Å². The highest BCUT2D eigenvalue weighted by Crippen LogP contribution is 2.23. The van der Waals surface area contributed by atoms with E-state index in [0.717, 1.165) is 11.1 Å². The van der Waals surface area contributed by atoms with E-state index >= 15 is 0 Å². The molecule has 3 N–H and O–H groups in total. The van der Waals surface area contributed by atoms with Gasteiger partial charge in [0.2, 0.25) is 17.7 Å². The van der Waals surface area contributed by atoms with Gasteiger partial charge in [-0.25, -0.2) is 10.3 Å². The van der Waals surface area contributed by atoms with Crippen molar-refractivity contribution < 1.29 is 33.9 Å². The normalized spacial score (nSPS) is 14.2. The largest absolute Gasteiger partial charge is 0.457 e. The molecule has 1 fully saturated rings. The Morgan fingerprint density at radius 2 is 1.40 bits per heavy atom. The van der Waals surface area contributed by atoms with Gasteiger partial charge in [0.1, 0.15) is 23.1 Å². The Labute approximate surface area is 234 Å². The molecule has 11 heteroatoms. The predicted molar refractivity (Wildman–Crippen MR) is 147 cm³/mol. The number of carbonyl (C=O) groups excluding carboxylic acids is 4. The number of alkyl carbamates (subject to hydrolysis) is 1. The molecule has 0 unspecified atom stereocenters. The molecule has 3 rings (SSSR count). The van der Waals surface area contributed by atoms with E-state index in [1.165, 1.54) is 6.92 Å². The Balaban J connectivity index is 1.64. The minimum Gasteiger partial charge on any atom is -0.457 e. The summed E-state index contributed by atoms with van der Waals surface area (Å²) in [5.41, 5.74) is 2.66. The molecule has 0 bridgehead atoms. The maximum Gasteiger partial charge on any atom is 0.408 e. The number of hydrogen-bond donors (Lipinski definition) is 3. The quantitative estimate of drug-likeness (QED) is 0.320. The van der Waals surface area contributed by atoms with Crippen molar-refractivity contribution in [1.29, 1.82) is 0 Å². The van der Waals surface area contributed by atoms with Crippen LogP contribution in [0.5, 0.6) is 11.5 Å². The molecule has 40 heavy (non-hydrogen) atoms. The van der Waals surface area contributed by atoms with Crippen molar-refractivity contribution >= 4 is 23.8 Å². The van der Waals surface area contributed by atoms with Gasteiger partial charge in [-0.2, -0.15) is 0 Å². The van der Waals surface area contributed by atoms with Crippen molar-refractivity contribution in [2.75, 3.05) is 26.2 Å². The first-order valence-corrected chi connectivity index (χ1v) is 13.3. The molecule has 2 aromatic carbocycles. The highest BCUT2D eigenvalue weighted by molar-refractivity contribution is 5.86. The number of benzene rings is 2. The maximum absolute atomic E-state index is 13.4. The number of aryl methyl sites for hydroxylation is 1. The van der Waals surface area contributed by atoms with E-state index in [2.05, 4.69) is 5.32 Å². The van der Waals surface area contributed by atoms with Gasteiger partial charge in [0.25, 0.3) is 0 Å². The summed E-state index contributed by atoms with van der Waals surface area (Å²) in [5, 5.41) is 11.3. The molecule has 4 amide bonds. The molecule has 0 radical (unpaired) electrons. The molecule has 1 heterocycles. The van der Waals surface area contributed by atoms with Crippen LogP contribution in [0, 0.1) is 0 Å². The Hall–Kier alpha value is -4.12. The van der Waals surface area contributed by atoms with Crippen molar-refractivity contribution in [1.82, 2.24) is 20.6 Å². The third-order valence-corrected chi connectivity index (χ3v) is 6.31. The van der Waals surface area contributed by atoms with Crippen LogP contribution in [-0.2, 0) is 32.0 Å². The molecule has 2 aromatic rings. The van der Waals surface area contributed by atoms with Gasteiger partial charge >= 0.3 is 6.09 Å². The highest BCUT2D eigenvalue weighted by Gasteiger charge is 2.30. The molecule has 1 saturated heterocycles. The SMILES string of the molecule is CC(=O)N1CCN(C(=O)[C@H](Cc2ccc(Oc3ccc(CCC(=O)NO)cc3)cc2)NC(=O)OC(C)(C)C)CC1. The number of nitrogens with zero attached hydrogens (tertiary/aromatic N) is 2. The number of rotatable bonds is 9. The third kappa shape index (κ3) is 9.57. The number of amides is 4. The molecule has 216 valence electrons. The number of ether oxygens (including phenoxy) is 2. The minimum absolute atomic E-state index is 0.0270. The van der Waals surface area contributed by atoms with Crippen LogP contribution in [-0.4, -0.2) is 76.6 Å². The van der Waals surface area contributed by atoms with E-state index in [1.54, 1.807) is 60.3 Å². The average Bonchev–Trinajstić information content (AvgIpc) is 2.91. The highest BCUT2D eigenvalue weighted by atomic mass is 16.6. The van der Waals surface area contributed by atoms with E-state index < -0.39 is 23.6 Å². The van der Waals surface area contributed by atoms with Crippen molar-refractivity contribution in [2.24, 2.45) is 0 Å². The molecule has 0 aromatic heterocycles. The lowest BCUT2D eigenvalue weighted by Crippen LogP contribution is -2.56. The summed E-state index contributed by atoms with van der Waals surface area (Å²) in [6.45, 7) is 8.47. The van der Waals surface area contributed by atoms with Crippen molar-refractivity contribution in [3.05, 3.63) is 59.7 Å². The summed E-state index contributed by atoms with van der Waals surface area (Å²) < 4.78 is 11.3. The number of hydrogen-bond acceptors (Lipinski definition) is 7. The molecule has 11 nitrogen and oxygen atoms in total. The summed E-state index contributed by atoms with van der Waals surface area (Å²) in [5.74, 6) is 0.514. The van der Waals surface area contributed by atoms with Crippen molar-refractivity contribution in [3.8, 4) is 11.5 Å². The lowest BCUT2D eigenvalue weighted by Gasteiger charge is -2.36. The van der Waals surface area contributed by atoms with E-state index in [0.29, 0.717) is 44.1 Å². The fraction of sp³-hybridized carbons (Fsp3) is 0.448. The molecule has 0 aliphatic carbocycles. The van der Waals surface area contributed by atoms with Crippen LogP contribution in [0.25, 0.3) is 0 Å². The first-order chi connectivity index (χ1) is 18.9. The Morgan fingerprint density at radius 1 is 0.875 bits per heavy atom. The lowest BCUT2D eigenvalue weighted by molar-refractivity contribution is -0.139. The maximum atomic E-state index is 13.4. The zero-order valence-corrected chi connectivity index (χ0v) is 23.4. The van der Waals surface area contributed by atoms with Crippen LogP contribution < -0.4 is 15.5 Å². The van der Waals surface area contributed by atoms with Crippen LogP contribution in [0.3, 0.4) is 0 Å². The van der Waals surface area contributed by atoms with Gasteiger partial charge in [-0.1, -0.05) is 24.3 Å². The molecule has 1 atom stereocenters. The number of hydroxylamine groups is 1. The molecule has 1 aliphatic rings. The standard InChI is InChI=1S/C29H38N4O7/c1-20(34)32-15-17-33(18-16-32)27(36)25(30-28(37)40-29(2,3)4)19-22-7-12-24(13-8-22)39-23-10-5-21(6-11-23)9-14-26(35)31-38/h5-8,10-13,25,38H,9,14-19H2,1-4H3,(H,30,37)(H,31,35)/t25-/m0/s1. The van der Waals surface area contributed by atoms with E-state index in [4.69, 9.17) is 14.7 Å². The minimum atomic E-state index is -0.842. The Kier molecular flexibility index (Phi) is 10.5. The molecule has 0 saturated carbocycles. The zero-order chi connectivity index (χ0) is 29.3. The van der Waals surface area contributed by atoms with Gasteiger partial charge in [-0.05, 0) is 62.6 Å². The van der Waals surface area contributed by atoms with Gasteiger partial charge < -0.3 is 24.6 Å². The van der Waals surface area contributed by atoms with Crippen LogP contribution in [0.1, 0.15) is 45.2 Å². The van der Waals surface area contributed by atoms with Gasteiger partial charge in [-0.15, -0.1) is 0 Å². The van der Waals surface area contributed by atoms with Gasteiger partial charge in [0, 0.05) is 45.9 Å². The lowest BCUT2D eigenvalue weighted by atomic mass is 10.0. The van der Waals surface area contributed by atoms with E-state index in [-0.39, 0.29) is 24.7 Å². The van der Waals surface area contributed by atoms with Crippen molar-refractivity contribution in [2.45, 2.75) is 58.6 Å². The van der Waals surface area contributed by atoms with Gasteiger partial charge in [0.15, 0.2) is 0 Å². The summed E-state index contributed by atoms with van der Waals surface area (Å²) >= 11 is 0. The third-order valence-electron chi connectivity index (χ3n) is 6.31. The topological polar surface area (TPSA) is 138 Å². The second-order valence-electron chi connectivity index (χ2n) is 10.7. The van der Waals surface area contributed by atoms with E-state index in [1.807, 2.05) is 24.3 Å². The first-order valence-electron chi connectivity index (χ1n) is 13.3. The van der Waals surface area contributed by atoms with Crippen LogP contribution >= 0.6 is 0 Å². The van der Waals surface area contributed by atoms with Crippen LogP contribution in [0.15, 0.2) is 48.5 Å². The zero-order valence-electron chi connectivity index (χ0n) is 23.4. The number of piperazine rings is 1. The first kappa shape index (κ1) is 30.4. The second kappa shape index (κ2) is 13.8. The molecular weight excluding hydrogens is 516 g/mol. The molecule has 1 aliphatic heterocycles. The van der Waals surface area contributed by atoms with E-state index in [9.17, 15) is 19.2 Å². The van der Waals surface area contributed by atoms with Crippen LogP contribution in [0.4, 0.5) is 4.79 Å². The summed E-state index contributed by atoms with van der Waals surface area (Å²) in [6.07, 6.45) is 0.250. The second-order valence-corrected chi connectivity index (χ2v) is 10.7. The fourth-order valence-corrected chi connectivity index (χ4v) is 4.22. The summed E-state index contributed by atoms with van der Waals surface area (Å²) in [4.78, 5) is 52.2. The monoisotopic (exact) mass is 554 g/mol. The summed E-state index contributed by atoms with van der Waals surface area (Å²) in [6, 6.07) is 13.7.